The van der Waals surface area contributed by atoms with E-state index >= 15 is 0 Å². The number of carbonyl (C=O) groups is 1. The van der Waals surface area contributed by atoms with E-state index in [4.69, 9.17) is 11.2 Å². The molecule has 0 heterocycles. The van der Waals surface area contributed by atoms with Gasteiger partial charge in [0.1, 0.15) is 0 Å². The van der Waals surface area contributed by atoms with Crippen molar-refractivity contribution in [3.8, 4) is 12.3 Å². The summed E-state index contributed by atoms with van der Waals surface area (Å²) in [5.74, 6) is 3.12. The molecule has 0 aliphatic heterocycles. The monoisotopic (exact) mass is 181 g/mol. The second-order valence-electron chi connectivity index (χ2n) is 3.23. The molecule has 1 amide bonds. The molecule has 1 aliphatic carbocycles. The summed E-state index contributed by atoms with van der Waals surface area (Å²) < 4.78 is 4.88. The topological polar surface area (TPSA) is 29.5 Å². The molecule has 3 nitrogen and oxygen atoms in total. The number of rotatable bonds is 4. The molecule has 0 aromatic carbocycles. The van der Waals surface area contributed by atoms with Crippen LogP contribution in [0.15, 0.2) is 0 Å². The zero-order chi connectivity index (χ0) is 9.68. The Kier molecular flexibility index (Phi) is 3.63. The molecule has 13 heavy (non-hydrogen) atoms. The van der Waals surface area contributed by atoms with Crippen molar-refractivity contribution >= 4 is 6.09 Å². The Morgan fingerprint density at radius 1 is 1.69 bits per heavy atom. The first-order valence-corrected chi connectivity index (χ1v) is 4.63. The van der Waals surface area contributed by atoms with E-state index in [1.807, 2.05) is 0 Å². The number of nitrogens with zero attached hydrogens (tertiary/aromatic N) is 1. The van der Waals surface area contributed by atoms with E-state index < -0.39 is 0 Å². The van der Waals surface area contributed by atoms with Gasteiger partial charge < -0.3 is 4.74 Å². The predicted octanol–water partition coefficient (Wildman–Crippen LogP) is 1.49. The molecule has 0 N–H and O–H groups in total. The lowest BCUT2D eigenvalue weighted by Crippen LogP contribution is -2.33. The van der Waals surface area contributed by atoms with Crippen LogP contribution in [0.3, 0.4) is 0 Å². The minimum Gasteiger partial charge on any atom is -0.450 e. The summed E-state index contributed by atoms with van der Waals surface area (Å²) in [5.41, 5.74) is 0. The van der Waals surface area contributed by atoms with E-state index in [1.54, 1.807) is 11.8 Å². The van der Waals surface area contributed by atoms with Gasteiger partial charge in [0.15, 0.2) is 0 Å². The van der Waals surface area contributed by atoms with Crippen LogP contribution >= 0.6 is 0 Å². The van der Waals surface area contributed by atoms with Crippen molar-refractivity contribution in [1.29, 1.82) is 0 Å². The zero-order valence-electron chi connectivity index (χ0n) is 7.95. The summed E-state index contributed by atoms with van der Waals surface area (Å²) in [6, 6.07) is 0. The van der Waals surface area contributed by atoms with Crippen molar-refractivity contribution in [2.24, 2.45) is 5.92 Å². The van der Waals surface area contributed by atoms with Gasteiger partial charge in [0.05, 0.1) is 13.2 Å². The summed E-state index contributed by atoms with van der Waals surface area (Å²) in [4.78, 5) is 12.9. The summed E-state index contributed by atoms with van der Waals surface area (Å²) in [5, 5.41) is 0. The van der Waals surface area contributed by atoms with E-state index in [0.717, 1.165) is 6.54 Å². The molecule has 0 aromatic heterocycles. The molecule has 1 aliphatic rings. The van der Waals surface area contributed by atoms with Crippen molar-refractivity contribution < 1.29 is 9.53 Å². The Morgan fingerprint density at radius 3 is 2.85 bits per heavy atom. The number of carbonyl (C=O) groups excluding carboxylic acids is 1. The van der Waals surface area contributed by atoms with Gasteiger partial charge in [-0.2, -0.15) is 0 Å². The molecular formula is C10H15NO2. The molecule has 0 atom stereocenters. The lowest BCUT2D eigenvalue weighted by atomic mass is 10.4. The summed E-state index contributed by atoms with van der Waals surface area (Å²) >= 11 is 0. The van der Waals surface area contributed by atoms with Crippen LogP contribution in [0.5, 0.6) is 0 Å². The Balaban J connectivity index is 2.35. The molecule has 3 heteroatoms. The highest BCUT2D eigenvalue weighted by Crippen LogP contribution is 2.29. The average Bonchev–Trinajstić information content (AvgIpc) is 2.88. The zero-order valence-corrected chi connectivity index (χ0v) is 7.95. The minimum absolute atomic E-state index is 0.285. The lowest BCUT2D eigenvalue weighted by Gasteiger charge is -2.18. The Hall–Kier alpha value is -1.17. The van der Waals surface area contributed by atoms with Gasteiger partial charge in [0, 0.05) is 6.54 Å². The van der Waals surface area contributed by atoms with Crippen LogP contribution in [-0.2, 0) is 4.74 Å². The van der Waals surface area contributed by atoms with Gasteiger partial charge in [-0.1, -0.05) is 5.92 Å². The molecule has 72 valence electrons. The molecule has 1 rings (SSSR count). The Labute approximate surface area is 79.1 Å². The highest BCUT2D eigenvalue weighted by Gasteiger charge is 2.26. The van der Waals surface area contributed by atoms with Crippen LogP contribution in [0, 0.1) is 18.3 Å². The lowest BCUT2D eigenvalue weighted by molar-refractivity contribution is 0.110. The maximum atomic E-state index is 11.3. The number of amides is 1. The van der Waals surface area contributed by atoms with Gasteiger partial charge in [-0.05, 0) is 25.7 Å². The van der Waals surface area contributed by atoms with Crippen LogP contribution in [0.2, 0.25) is 0 Å². The molecule has 0 spiro atoms. The van der Waals surface area contributed by atoms with Gasteiger partial charge in [-0.15, -0.1) is 6.42 Å². The molecule has 0 unspecified atom stereocenters. The fourth-order valence-corrected chi connectivity index (χ4v) is 1.14. The number of hydrogen-bond acceptors (Lipinski definition) is 2. The number of ether oxygens (including phenoxy) is 1. The Bertz CT molecular complexity index is 215. The molecule has 0 radical (unpaired) electrons. The fourth-order valence-electron chi connectivity index (χ4n) is 1.14. The molecule has 1 fully saturated rings. The maximum Gasteiger partial charge on any atom is 0.410 e. The third-order valence-corrected chi connectivity index (χ3v) is 1.98. The van der Waals surface area contributed by atoms with Crippen molar-refractivity contribution in [2.45, 2.75) is 19.8 Å². The standard InChI is InChI=1S/C10H15NO2/c1-3-7-11(8-9-5-6-9)10(12)13-4-2/h1,9H,4-8H2,2H3. The highest BCUT2D eigenvalue weighted by atomic mass is 16.6. The normalized spacial score (nSPS) is 14.8. The van der Waals surface area contributed by atoms with Gasteiger partial charge in [0.2, 0.25) is 0 Å². The van der Waals surface area contributed by atoms with Gasteiger partial charge >= 0.3 is 6.09 Å². The van der Waals surface area contributed by atoms with E-state index in [-0.39, 0.29) is 6.09 Å². The number of hydrogen-bond donors (Lipinski definition) is 0. The second kappa shape index (κ2) is 4.76. The SMILES string of the molecule is C#CCN(CC1CC1)C(=O)OCC. The molecule has 0 aromatic rings. The van der Waals surface area contributed by atoms with Gasteiger partial charge in [0.25, 0.3) is 0 Å². The second-order valence-corrected chi connectivity index (χ2v) is 3.23. The minimum atomic E-state index is -0.285. The van der Waals surface area contributed by atoms with Crippen molar-refractivity contribution in [2.75, 3.05) is 19.7 Å². The van der Waals surface area contributed by atoms with Crippen molar-refractivity contribution in [3.05, 3.63) is 0 Å². The first-order chi connectivity index (χ1) is 6.27. The number of terminal acetylenes is 1. The summed E-state index contributed by atoms with van der Waals surface area (Å²) in [6.45, 7) is 3.31. The quantitative estimate of drug-likeness (QED) is 0.615. The Morgan fingerprint density at radius 2 is 2.38 bits per heavy atom. The van der Waals surface area contributed by atoms with Crippen LogP contribution < -0.4 is 0 Å². The maximum absolute atomic E-state index is 11.3. The summed E-state index contributed by atoms with van der Waals surface area (Å²) in [7, 11) is 0. The van der Waals surface area contributed by atoms with E-state index in [9.17, 15) is 4.79 Å². The third kappa shape index (κ3) is 3.37. The first-order valence-electron chi connectivity index (χ1n) is 4.63. The third-order valence-electron chi connectivity index (χ3n) is 1.98. The van der Waals surface area contributed by atoms with Crippen LogP contribution in [0.1, 0.15) is 19.8 Å². The van der Waals surface area contributed by atoms with E-state index in [2.05, 4.69) is 5.92 Å². The summed E-state index contributed by atoms with van der Waals surface area (Å²) in [6.07, 6.45) is 7.29. The fraction of sp³-hybridized carbons (Fsp3) is 0.700. The molecular weight excluding hydrogens is 166 g/mol. The van der Waals surface area contributed by atoms with Crippen LogP contribution in [0.4, 0.5) is 4.79 Å². The molecule has 1 saturated carbocycles. The van der Waals surface area contributed by atoms with Gasteiger partial charge in [-0.25, -0.2) is 4.79 Å². The average molecular weight is 181 g/mol. The van der Waals surface area contributed by atoms with Crippen LogP contribution in [-0.4, -0.2) is 30.7 Å². The molecule has 0 saturated heterocycles. The van der Waals surface area contributed by atoms with Crippen molar-refractivity contribution in [3.63, 3.8) is 0 Å². The smallest absolute Gasteiger partial charge is 0.410 e. The predicted molar refractivity (Wildman–Crippen MR) is 50.2 cm³/mol. The van der Waals surface area contributed by atoms with Crippen LogP contribution in [0.25, 0.3) is 0 Å². The highest BCUT2D eigenvalue weighted by molar-refractivity contribution is 5.68. The van der Waals surface area contributed by atoms with E-state index in [0.29, 0.717) is 19.1 Å². The van der Waals surface area contributed by atoms with E-state index in [1.165, 1.54) is 12.8 Å². The van der Waals surface area contributed by atoms with Crippen molar-refractivity contribution in [1.82, 2.24) is 4.90 Å². The first kappa shape index (κ1) is 9.91. The van der Waals surface area contributed by atoms with Gasteiger partial charge in [-0.3, -0.25) is 4.90 Å². The largest absolute Gasteiger partial charge is 0.450 e. The molecule has 0 bridgehead atoms.